The van der Waals surface area contributed by atoms with Gasteiger partial charge in [0.25, 0.3) is 10.2 Å². The number of nitrogens with zero attached hydrogens (tertiary/aromatic N) is 1. The first kappa shape index (κ1) is 18.1. The number of hydrogen-bond acceptors (Lipinski definition) is 5. The Bertz CT molecular complexity index is 460. The van der Waals surface area contributed by atoms with E-state index >= 15 is 0 Å². The molecule has 1 fully saturated rings. The molecule has 0 saturated carbocycles. The monoisotopic (exact) mass is 334 g/mol. The smallest absolute Gasteiger partial charge is 0.415 e. The Morgan fingerprint density at radius 3 is 2.38 bits per heavy atom. The molecule has 1 aliphatic heterocycles. The van der Waals surface area contributed by atoms with Crippen LogP contribution in [0.3, 0.4) is 0 Å². The molecule has 1 aliphatic rings. The number of aliphatic hydroxyl groups is 1. The molecule has 1 rings (SSSR count). The van der Waals surface area contributed by atoms with Gasteiger partial charge in [0.2, 0.25) is 0 Å². The number of alkyl halides is 3. The number of aliphatic hydroxyl groups excluding tert-OH is 1. The van der Waals surface area contributed by atoms with Gasteiger partial charge in [-0.3, -0.25) is 4.79 Å². The Hall–Kier alpha value is -0.910. The minimum Gasteiger partial charge on any atom is -0.469 e. The van der Waals surface area contributed by atoms with Crippen LogP contribution in [0.4, 0.5) is 13.2 Å². The van der Waals surface area contributed by atoms with Crippen LogP contribution in [0.5, 0.6) is 0 Å². The van der Waals surface area contributed by atoms with Gasteiger partial charge in [0.15, 0.2) is 6.10 Å². The SMILES string of the molecule is COC(=O)C1CCN(S(=O)(=O)NCC(O)C(F)(F)F)CC1. The first-order chi connectivity index (χ1) is 9.58. The molecule has 1 unspecified atom stereocenters. The van der Waals surface area contributed by atoms with Crippen molar-refractivity contribution in [3.63, 3.8) is 0 Å². The number of rotatable bonds is 5. The highest BCUT2D eigenvalue weighted by molar-refractivity contribution is 7.87. The number of carbonyl (C=O) groups excluding carboxylic acids is 1. The number of nitrogens with one attached hydrogen (secondary N) is 1. The number of esters is 1. The third-order valence-corrected chi connectivity index (χ3v) is 4.74. The number of halogens is 3. The van der Waals surface area contributed by atoms with Gasteiger partial charge in [0.05, 0.1) is 13.0 Å². The summed E-state index contributed by atoms with van der Waals surface area (Å²) in [4.78, 5) is 11.3. The number of carbonyl (C=O) groups is 1. The lowest BCUT2D eigenvalue weighted by Crippen LogP contribution is -2.49. The third kappa shape index (κ3) is 5.09. The molecule has 0 aromatic carbocycles. The molecule has 0 aliphatic carbocycles. The van der Waals surface area contributed by atoms with Crippen molar-refractivity contribution >= 4 is 16.2 Å². The van der Waals surface area contributed by atoms with Gasteiger partial charge in [0, 0.05) is 19.6 Å². The summed E-state index contributed by atoms with van der Waals surface area (Å²) in [7, 11) is -2.90. The second-order valence-corrected chi connectivity index (χ2v) is 6.36. The molecular formula is C10H17F3N2O5S. The molecule has 0 aromatic rings. The minimum absolute atomic E-state index is 0.00276. The van der Waals surface area contributed by atoms with Crippen molar-refractivity contribution in [1.29, 1.82) is 0 Å². The quantitative estimate of drug-likeness (QED) is 0.669. The summed E-state index contributed by atoms with van der Waals surface area (Å²) in [6.07, 6.45) is -7.19. The maximum atomic E-state index is 12.1. The summed E-state index contributed by atoms with van der Waals surface area (Å²) < 4.78 is 67.0. The minimum atomic E-state index is -4.89. The second-order valence-electron chi connectivity index (χ2n) is 4.61. The Labute approximate surface area is 120 Å². The average Bonchev–Trinajstić information content (AvgIpc) is 2.43. The van der Waals surface area contributed by atoms with E-state index in [0.29, 0.717) is 0 Å². The molecule has 1 heterocycles. The van der Waals surface area contributed by atoms with Crippen LogP contribution in [0, 0.1) is 5.92 Å². The van der Waals surface area contributed by atoms with E-state index in [9.17, 15) is 26.4 Å². The largest absolute Gasteiger partial charge is 0.469 e. The Balaban J connectivity index is 2.52. The number of piperidine rings is 1. The van der Waals surface area contributed by atoms with E-state index in [1.165, 1.54) is 7.11 Å². The number of methoxy groups -OCH3 is 1. The summed E-state index contributed by atoms with van der Waals surface area (Å²) in [5.74, 6) is -0.852. The Morgan fingerprint density at radius 1 is 1.43 bits per heavy atom. The van der Waals surface area contributed by atoms with E-state index in [0.717, 1.165) is 4.31 Å². The van der Waals surface area contributed by atoms with Gasteiger partial charge < -0.3 is 9.84 Å². The average molecular weight is 334 g/mol. The van der Waals surface area contributed by atoms with Gasteiger partial charge in [-0.2, -0.15) is 30.6 Å². The summed E-state index contributed by atoms with van der Waals surface area (Å²) in [6.45, 7) is -1.16. The van der Waals surface area contributed by atoms with Crippen molar-refractivity contribution in [2.24, 2.45) is 5.92 Å². The van der Waals surface area contributed by atoms with E-state index in [1.807, 2.05) is 0 Å². The topological polar surface area (TPSA) is 95.9 Å². The van der Waals surface area contributed by atoms with Crippen molar-refractivity contribution in [3.8, 4) is 0 Å². The second kappa shape index (κ2) is 6.90. The molecule has 0 amide bonds. The molecule has 0 radical (unpaired) electrons. The van der Waals surface area contributed by atoms with Gasteiger partial charge in [-0.25, -0.2) is 0 Å². The zero-order chi connectivity index (χ0) is 16.3. The van der Waals surface area contributed by atoms with Crippen LogP contribution in [-0.4, -0.2) is 62.8 Å². The van der Waals surface area contributed by atoms with Crippen molar-refractivity contribution in [1.82, 2.24) is 9.03 Å². The highest BCUT2D eigenvalue weighted by Crippen LogP contribution is 2.21. The van der Waals surface area contributed by atoms with E-state index in [2.05, 4.69) is 4.74 Å². The molecule has 11 heteroatoms. The molecule has 1 saturated heterocycles. The zero-order valence-corrected chi connectivity index (χ0v) is 12.1. The van der Waals surface area contributed by atoms with Crippen LogP contribution in [-0.2, 0) is 19.7 Å². The number of ether oxygens (including phenoxy) is 1. The first-order valence-corrected chi connectivity index (χ1v) is 7.59. The molecule has 124 valence electrons. The van der Waals surface area contributed by atoms with E-state index in [-0.39, 0.29) is 25.9 Å². The normalized spacial score (nSPS) is 20.2. The van der Waals surface area contributed by atoms with Gasteiger partial charge in [0.1, 0.15) is 0 Å². The van der Waals surface area contributed by atoms with Gasteiger partial charge >= 0.3 is 12.1 Å². The molecule has 0 aromatic heterocycles. The maximum Gasteiger partial charge on any atom is 0.415 e. The fourth-order valence-electron chi connectivity index (χ4n) is 1.89. The van der Waals surface area contributed by atoms with E-state index < -0.39 is 40.9 Å². The lowest BCUT2D eigenvalue weighted by Gasteiger charge is -2.30. The zero-order valence-electron chi connectivity index (χ0n) is 11.3. The van der Waals surface area contributed by atoms with Gasteiger partial charge in [-0.05, 0) is 12.8 Å². The van der Waals surface area contributed by atoms with Crippen LogP contribution in [0.25, 0.3) is 0 Å². The maximum absolute atomic E-state index is 12.1. The summed E-state index contributed by atoms with van der Waals surface area (Å²) in [5.41, 5.74) is 0. The van der Waals surface area contributed by atoms with Crippen LogP contribution in [0.15, 0.2) is 0 Å². The lowest BCUT2D eigenvalue weighted by atomic mass is 9.99. The molecule has 0 bridgehead atoms. The lowest BCUT2D eigenvalue weighted by molar-refractivity contribution is -0.200. The summed E-state index contributed by atoms with van der Waals surface area (Å²) >= 11 is 0. The highest BCUT2D eigenvalue weighted by Gasteiger charge is 2.39. The predicted molar refractivity (Wildman–Crippen MR) is 65.3 cm³/mol. The fraction of sp³-hybridized carbons (Fsp3) is 0.900. The van der Waals surface area contributed by atoms with Gasteiger partial charge in [-0.15, -0.1) is 0 Å². The van der Waals surface area contributed by atoms with Crippen LogP contribution >= 0.6 is 0 Å². The van der Waals surface area contributed by atoms with Crippen molar-refractivity contribution < 1.29 is 36.2 Å². The molecule has 21 heavy (non-hydrogen) atoms. The van der Waals surface area contributed by atoms with Gasteiger partial charge in [-0.1, -0.05) is 0 Å². The Morgan fingerprint density at radius 2 is 1.95 bits per heavy atom. The van der Waals surface area contributed by atoms with Crippen LogP contribution < -0.4 is 4.72 Å². The summed E-state index contributed by atoms with van der Waals surface area (Å²) in [5, 5.41) is 8.76. The third-order valence-electron chi connectivity index (χ3n) is 3.17. The van der Waals surface area contributed by atoms with Crippen molar-refractivity contribution in [2.75, 3.05) is 26.7 Å². The first-order valence-electron chi connectivity index (χ1n) is 6.15. The van der Waals surface area contributed by atoms with E-state index in [1.54, 1.807) is 4.72 Å². The predicted octanol–water partition coefficient (Wildman–Crippen LogP) is -0.371. The molecule has 7 nitrogen and oxygen atoms in total. The molecule has 2 N–H and O–H groups in total. The van der Waals surface area contributed by atoms with Crippen LogP contribution in [0.1, 0.15) is 12.8 Å². The summed E-state index contributed by atoms with van der Waals surface area (Å²) in [6, 6.07) is 0. The van der Waals surface area contributed by atoms with Crippen molar-refractivity contribution in [2.45, 2.75) is 25.1 Å². The number of hydrogen-bond donors (Lipinski definition) is 2. The van der Waals surface area contributed by atoms with E-state index in [4.69, 9.17) is 5.11 Å². The Kier molecular flexibility index (Phi) is 5.96. The standard InChI is InChI=1S/C10H17F3N2O5S/c1-20-9(17)7-2-4-15(5-3-7)21(18,19)14-6-8(16)10(11,12)13/h7-8,14,16H,2-6H2,1H3. The van der Waals surface area contributed by atoms with Crippen molar-refractivity contribution in [3.05, 3.63) is 0 Å². The molecule has 0 spiro atoms. The molecule has 1 atom stereocenters. The molecular weight excluding hydrogens is 317 g/mol. The highest BCUT2D eigenvalue weighted by atomic mass is 32.2. The van der Waals surface area contributed by atoms with Crippen LogP contribution in [0.2, 0.25) is 0 Å². The fourth-order valence-corrected chi connectivity index (χ4v) is 3.13.